The Hall–Kier alpha value is -5.81. The van der Waals surface area contributed by atoms with E-state index >= 15 is 0 Å². The molecule has 0 heterocycles. The zero-order valence-electron chi connectivity index (χ0n) is 21.9. The van der Waals surface area contributed by atoms with E-state index in [0.717, 1.165) is 12.1 Å². The van der Waals surface area contributed by atoms with Gasteiger partial charge in [-0.25, -0.2) is 14.4 Å². The van der Waals surface area contributed by atoms with Gasteiger partial charge in [0.1, 0.15) is 12.2 Å². The molecule has 0 aromatic heterocycles. The number of benzene rings is 3. The fraction of sp³-hybridized carbons (Fsp3) is 0.222. The van der Waals surface area contributed by atoms with Crippen LogP contribution in [0.1, 0.15) is 37.5 Å². The summed E-state index contributed by atoms with van der Waals surface area (Å²) in [5.74, 6) is -12.5. The molecule has 3 aromatic rings. The molecule has 0 amide bonds. The number of esters is 3. The molecular weight excluding hydrogens is 596 g/mol. The molecule has 1 aliphatic carbocycles. The van der Waals surface area contributed by atoms with Gasteiger partial charge < -0.3 is 70.4 Å². The van der Waals surface area contributed by atoms with E-state index in [-0.39, 0.29) is 0 Å². The Labute approximate surface area is 244 Å². The van der Waals surface area contributed by atoms with Crippen molar-refractivity contribution in [2.45, 2.75) is 36.9 Å². The van der Waals surface area contributed by atoms with Gasteiger partial charge in [-0.2, -0.15) is 0 Å². The predicted octanol–water partition coefficient (Wildman–Crippen LogP) is 0.139. The quantitative estimate of drug-likeness (QED) is 0.0991. The molecule has 44 heavy (non-hydrogen) atoms. The Bertz CT molecular complexity index is 1560. The maximum absolute atomic E-state index is 12.9. The second-order valence-corrected chi connectivity index (χ2v) is 9.57. The van der Waals surface area contributed by atoms with Crippen molar-refractivity contribution in [1.29, 1.82) is 0 Å². The van der Waals surface area contributed by atoms with Crippen LogP contribution in [-0.4, -0.2) is 105 Å². The van der Waals surface area contributed by atoms with Crippen LogP contribution in [0.4, 0.5) is 0 Å². The van der Waals surface area contributed by atoms with Crippen molar-refractivity contribution < 1.29 is 84.8 Å². The van der Waals surface area contributed by atoms with Crippen LogP contribution in [0.2, 0.25) is 0 Å². The number of ether oxygens (including phenoxy) is 3. The molecule has 234 valence electrons. The lowest BCUT2D eigenvalue weighted by atomic mass is 9.86. The maximum atomic E-state index is 12.9. The Kier molecular flexibility index (Phi) is 8.36. The molecule has 0 unspecified atom stereocenters. The summed E-state index contributed by atoms with van der Waals surface area (Å²) >= 11 is 0. The molecule has 5 atom stereocenters. The number of phenols is 9. The standard InChI is InChI=1S/C27H24O17/c28-11-1-8(2-12(29)19(11)35)25(39)42-18-7-17(34)23(43-26(40)9-3-13(30)20(36)14(31)4-9)24(22(18)38)44-27(41)10-5-15(32)21(37)16(33)6-10/h1-6,17-18,22-24,28-38H,7H2/t17-,18-,22+,23+,24+/m1/s1. The van der Waals surface area contributed by atoms with Crippen molar-refractivity contribution in [3.05, 3.63) is 53.1 Å². The number of hydrogen-bond acceptors (Lipinski definition) is 17. The number of hydrogen-bond donors (Lipinski definition) is 11. The van der Waals surface area contributed by atoms with Crippen molar-refractivity contribution in [2.24, 2.45) is 0 Å². The largest absolute Gasteiger partial charge is 0.504 e. The highest BCUT2D eigenvalue weighted by Crippen LogP contribution is 2.39. The van der Waals surface area contributed by atoms with Gasteiger partial charge in [-0.15, -0.1) is 0 Å². The van der Waals surface area contributed by atoms with Gasteiger partial charge in [0.2, 0.25) is 0 Å². The van der Waals surface area contributed by atoms with Gasteiger partial charge in [0.05, 0.1) is 22.8 Å². The summed E-state index contributed by atoms with van der Waals surface area (Å²) in [6.45, 7) is 0. The molecule has 1 aliphatic rings. The zero-order valence-corrected chi connectivity index (χ0v) is 21.9. The highest BCUT2D eigenvalue weighted by molar-refractivity contribution is 5.93. The van der Waals surface area contributed by atoms with Crippen LogP contribution < -0.4 is 0 Å². The number of aliphatic hydroxyl groups is 2. The molecule has 17 nitrogen and oxygen atoms in total. The molecule has 0 aliphatic heterocycles. The highest BCUT2D eigenvalue weighted by atomic mass is 16.6. The number of carbonyl (C=O) groups is 3. The third-order valence-corrected chi connectivity index (χ3v) is 6.56. The first-order valence-electron chi connectivity index (χ1n) is 12.3. The number of aromatic hydroxyl groups is 9. The molecule has 3 aromatic carbocycles. The van der Waals surface area contributed by atoms with Crippen LogP contribution >= 0.6 is 0 Å². The van der Waals surface area contributed by atoms with Gasteiger partial charge in [0.15, 0.2) is 64.0 Å². The van der Waals surface area contributed by atoms with E-state index in [1.807, 2.05) is 0 Å². The van der Waals surface area contributed by atoms with E-state index in [2.05, 4.69) is 0 Å². The average Bonchev–Trinajstić information content (AvgIpc) is 2.96. The lowest BCUT2D eigenvalue weighted by molar-refractivity contribution is -0.180. The first kappa shape index (κ1) is 31.1. The SMILES string of the molecule is O=C(O[C@@H]1[C@@H](OC(=O)c2cc(O)c(O)c(O)c2)[C@@H](O)[C@H](OC(=O)c2cc(O)c(O)c(O)c2)C[C@H]1O)c1cc(O)c(O)c(O)c1. The summed E-state index contributed by atoms with van der Waals surface area (Å²) in [6.07, 6.45) is -10.3. The normalized spacial score (nSPS) is 21.3. The first-order chi connectivity index (χ1) is 20.6. The Morgan fingerprint density at radius 3 is 1.14 bits per heavy atom. The number of phenolic OH excluding ortho intramolecular Hbond substituents is 9. The van der Waals surface area contributed by atoms with Gasteiger partial charge in [-0.1, -0.05) is 0 Å². The van der Waals surface area contributed by atoms with Crippen LogP contribution in [0.5, 0.6) is 51.7 Å². The Balaban J connectivity index is 1.65. The second kappa shape index (κ2) is 11.8. The molecule has 11 N–H and O–H groups in total. The smallest absolute Gasteiger partial charge is 0.338 e. The fourth-order valence-electron chi connectivity index (χ4n) is 4.29. The Morgan fingerprint density at radius 2 is 0.795 bits per heavy atom. The van der Waals surface area contributed by atoms with Gasteiger partial charge in [-0.3, -0.25) is 0 Å². The first-order valence-corrected chi connectivity index (χ1v) is 12.3. The van der Waals surface area contributed by atoms with E-state index in [0.29, 0.717) is 24.3 Å². The van der Waals surface area contributed by atoms with Crippen LogP contribution in [0.3, 0.4) is 0 Å². The van der Waals surface area contributed by atoms with Crippen molar-refractivity contribution in [2.75, 3.05) is 0 Å². The average molecular weight is 620 g/mol. The molecule has 0 saturated heterocycles. The van der Waals surface area contributed by atoms with E-state index in [1.165, 1.54) is 0 Å². The molecule has 0 bridgehead atoms. The molecule has 1 saturated carbocycles. The lowest BCUT2D eigenvalue weighted by Gasteiger charge is -2.41. The minimum atomic E-state index is -2.08. The summed E-state index contributed by atoms with van der Waals surface area (Å²) in [5, 5.41) is 109. The van der Waals surface area contributed by atoms with Crippen molar-refractivity contribution in [1.82, 2.24) is 0 Å². The minimum Gasteiger partial charge on any atom is -0.504 e. The van der Waals surface area contributed by atoms with Crippen LogP contribution in [-0.2, 0) is 14.2 Å². The van der Waals surface area contributed by atoms with E-state index in [1.54, 1.807) is 0 Å². The van der Waals surface area contributed by atoms with Gasteiger partial charge >= 0.3 is 17.9 Å². The number of rotatable bonds is 6. The van der Waals surface area contributed by atoms with Crippen molar-refractivity contribution in [3.8, 4) is 51.7 Å². The van der Waals surface area contributed by atoms with E-state index in [9.17, 15) is 70.6 Å². The van der Waals surface area contributed by atoms with E-state index in [4.69, 9.17) is 14.2 Å². The fourth-order valence-corrected chi connectivity index (χ4v) is 4.29. The molecule has 0 radical (unpaired) electrons. The maximum Gasteiger partial charge on any atom is 0.338 e. The van der Waals surface area contributed by atoms with E-state index < -0.39 is 123 Å². The highest BCUT2D eigenvalue weighted by Gasteiger charge is 2.50. The molecule has 0 spiro atoms. The van der Waals surface area contributed by atoms with Crippen molar-refractivity contribution >= 4 is 17.9 Å². The minimum absolute atomic E-state index is 0.511. The zero-order chi connectivity index (χ0) is 32.6. The Morgan fingerprint density at radius 1 is 0.500 bits per heavy atom. The van der Waals surface area contributed by atoms with Gasteiger partial charge in [0, 0.05) is 6.42 Å². The third kappa shape index (κ3) is 6.03. The van der Waals surface area contributed by atoms with Crippen LogP contribution in [0.15, 0.2) is 36.4 Å². The summed E-state index contributed by atoms with van der Waals surface area (Å²) in [5.41, 5.74) is -1.66. The van der Waals surface area contributed by atoms with Crippen molar-refractivity contribution in [3.63, 3.8) is 0 Å². The monoisotopic (exact) mass is 620 g/mol. The van der Waals surface area contributed by atoms with Gasteiger partial charge in [-0.05, 0) is 36.4 Å². The lowest BCUT2D eigenvalue weighted by Crippen LogP contribution is -2.59. The number of aliphatic hydroxyl groups excluding tert-OH is 2. The predicted molar refractivity (Wildman–Crippen MR) is 139 cm³/mol. The third-order valence-electron chi connectivity index (χ3n) is 6.56. The summed E-state index contributed by atoms with van der Waals surface area (Å²) in [7, 11) is 0. The molecular formula is C27H24O17. The summed E-state index contributed by atoms with van der Waals surface area (Å²) < 4.78 is 15.6. The topological polar surface area (TPSA) is 301 Å². The van der Waals surface area contributed by atoms with Gasteiger partial charge in [0.25, 0.3) is 0 Å². The van der Waals surface area contributed by atoms with Crippen LogP contribution in [0, 0.1) is 0 Å². The van der Waals surface area contributed by atoms with Crippen LogP contribution in [0.25, 0.3) is 0 Å². The second-order valence-electron chi connectivity index (χ2n) is 9.57. The molecule has 17 heteroatoms. The molecule has 1 fully saturated rings. The molecule has 4 rings (SSSR count). The summed E-state index contributed by atoms with van der Waals surface area (Å²) in [4.78, 5) is 38.5. The number of carbonyl (C=O) groups excluding carboxylic acids is 3. The summed E-state index contributed by atoms with van der Waals surface area (Å²) in [6, 6.07) is 4.17.